The van der Waals surface area contributed by atoms with Gasteiger partial charge in [0.2, 0.25) is 0 Å². The van der Waals surface area contributed by atoms with Gasteiger partial charge in [-0.25, -0.2) is 4.90 Å². The fourth-order valence-electron chi connectivity index (χ4n) is 3.87. The monoisotopic (exact) mass is 429 g/mol. The van der Waals surface area contributed by atoms with Crippen LogP contribution in [0.15, 0.2) is 36.4 Å². The van der Waals surface area contributed by atoms with Crippen molar-refractivity contribution in [1.29, 1.82) is 0 Å². The van der Waals surface area contributed by atoms with E-state index in [4.69, 9.17) is 9.05 Å². The van der Waals surface area contributed by atoms with Crippen LogP contribution in [0.5, 0.6) is 0 Å². The number of hydrogen-bond acceptors (Lipinski definition) is 5. The van der Waals surface area contributed by atoms with Crippen molar-refractivity contribution in [3.8, 4) is 0 Å². The SMILES string of the molecule is COP(=O)(Cc1cccc2c1C(=O)N(c1c(C(C)C)cccc1C(C)C)C2=O)OC. The lowest BCUT2D eigenvalue weighted by Crippen LogP contribution is -2.32. The summed E-state index contributed by atoms with van der Waals surface area (Å²) in [4.78, 5) is 28.2. The molecule has 0 fully saturated rings. The van der Waals surface area contributed by atoms with Crippen molar-refractivity contribution in [3.05, 3.63) is 64.2 Å². The number of imide groups is 1. The van der Waals surface area contributed by atoms with Gasteiger partial charge in [0, 0.05) is 14.2 Å². The molecule has 160 valence electrons. The third kappa shape index (κ3) is 3.76. The van der Waals surface area contributed by atoms with Gasteiger partial charge >= 0.3 is 7.60 Å². The van der Waals surface area contributed by atoms with E-state index in [0.29, 0.717) is 16.8 Å². The summed E-state index contributed by atoms with van der Waals surface area (Å²) in [7, 11) is -0.793. The number of fused-ring (bicyclic) bond motifs is 1. The molecule has 0 saturated carbocycles. The molecule has 0 atom stereocenters. The Hall–Kier alpha value is -2.27. The van der Waals surface area contributed by atoms with Gasteiger partial charge in [-0.3, -0.25) is 14.2 Å². The number of para-hydroxylation sites is 1. The van der Waals surface area contributed by atoms with E-state index < -0.39 is 13.5 Å². The average Bonchev–Trinajstić information content (AvgIpc) is 2.98. The Labute approximate surface area is 177 Å². The van der Waals surface area contributed by atoms with Crippen molar-refractivity contribution < 1.29 is 23.2 Å². The predicted octanol–water partition coefficient (Wildman–Crippen LogP) is 5.72. The summed E-state index contributed by atoms with van der Waals surface area (Å²) in [6.45, 7) is 8.17. The number of hydrogen-bond donors (Lipinski definition) is 0. The zero-order valence-electron chi connectivity index (χ0n) is 18.3. The summed E-state index contributed by atoms with van der Waals surface area (Å²) in [6.07, 6.45) is -0.0844. The molecule has 6 nitrogen and oxygen atoms in total. The van der Waals surface area contributed by atoms with E-state index in [0.717, 1.165) is 11.1 Å². The van der Waals surface area contributed by atoms with Crippen LogP contribution in [0.25, 0.3) is 0 Å². The first-order valence-electron chi connectivity index (χ1n) is 9.99. The van der Waals surface area contributed by atoms with Crippen LogP contribution in [-0.2, 0) is 19.8 Å². The van der Waals surface area contributed by atoms with Gasteiger partial charge in [-0.15, -0.1) is 0 Å². The van der Waals surface area contributed by atoms with Crippen LogP contribution in [-0.4, -0.2) is 26.0 Å². The van der Waals surface area contributed by atoms with Gasteiger partial charge in [-0.1, -0.05) is 58.0 Å². The van der Waals surface area contributed by atoms with Crippen LogP contribution in [0.4, 0.5) is 5.69 Å². The largest absolute Gasteiger partial charge is 0.334 e. The van der Waals surface area contributed by atoms with Crippen molar-refractivity contribution in [3.63, 3.8) is 0 Å². The van der Waals surface area contributed by atoms with Gasteiger partial charge in [0.1, 0.15) is 0 Å². The number of carbonyl (C=O) groups excluding carboxylic acids is 2. The van der Waals surface area contributed by atoms with Crippen molar-refractivity contribution in [2.45, 2.75) is 45.7 Å². The first-order chi connectivity index (χ1) is 14.1. The van der Waals surface area contributed by atoms with Crippen LogP contribution in [0.3, 0.4) is 0 Å². The first kappa shape index (κ1) is 22.4. The Balaban J connectivity index is 2.19. The number of rotatable bonds is 7. The fourth-order valence-corrected chi connectivity index (χ4v) is 4.96. The van der Waals surface area contributed by atoms with Crippen molar-refractivity contribution in [2.24, 2.45) is 0 Å². The first-order valence-corrected chi connectivity index (χ1v) is 11.7. The van der Waals surface area contributed by atoms with Crippen LogP contribution >= 0.6 is 7.60 Å². The second kappa shape index (κ2) is 8.46. The zero-order chi connectivity index (χ0) is 22.2. The molecule has 1 aliphatic rings. The molecular formula is C23H28NO5P. The molecule has 0 N–H and O–H groups in total. The quantitative estimate of drug-likeness (QED) is 0.416. The van der Waals surface area contributed by atoms with E-state index in [9.17, 15) is 14.2 Å². The van der Waals surface area contributed by atoms with Gasteiger partial charge in [0.05, 0.1) is 23.0 Å². The van der Waals surface area contributed by atoms with Crippen molar-refractivity contribution >= 4 is 25.1 Å². The summed E-state index contributed by atoms with van der Waals surface area (Å²) < 4.78 is 22.8. The molecule has 3 rings (SSSR count). The van der Waals surface area contributed by atoms with Crippen LogP contribution in [0.1, 0.15) is 76.9 Å². The van der Waals surface area contributed by atoms with Gasteiger partial charge < -0.3 is 9.05 Å². The van der Waals surface area contributed by atoms with E-state index in [2.05, 4.69) is 0 Å². The van der Waals surface area contributed by atoms with Gasteiger partial charge in [0.25, 0.3) is 11.8 Å². The smallest absolute Gasteiger partial charge is 0.312 e. The average molecular weight is 429 g/mol. The van der Waals surface area contributed by atoms with Crippen molar-refractivity contribution in [1.82, 2.24) is 0 Å². The minimum atomic E-state index is -3.41. The van der Waals surface area contributed by atoms with E-state index in [-0.39, 0.29) is 29.5 Å². The van der Waals surface area contributed by atoms with Crippen LogP contribution < -0.4 is 4.90 Å². The number of amides is 2. The maximum atomic E-state index is 13.6. The van der Waals surface area contributed by atoms with Gasteiger partial charge in [0.15, 0.2) is 0 Å². The Kier molecular flexibility index (Phi) is 6.32. The third-order valence-corrected chi connectivity index (χ3v) is 7.33. The second-order valence-electron chi connectivity index (χ2n) is 8.01. The molecule has 0 unspecified atom stereocenters. The zero-order valence-corrected chi connectivity index (χ0v) is 19.2. The molecule has 0 aromatic heterocycles. The molecule has 7 heteroatoms. The van der Waals surface area contributed by atoms with E-state index in [1.54, 1.807) is 18.2 Å². The van der Waals surface area contributed by atoms with E-state index in [1.807, 2.05) is 45.9 Å². The normalized spacial score (nSPS) is 14.2. The Morgan fingerprint density at radius 1 is 0.867 bits per heavy atom. The van der Waals surface area contributed by atoms with Gasteiger partial charge in [-0.2, -0.15) is 0 Å². The van der Waals surface area contributed by atoms with Gasteiger partial charge in [-0.05, 0) is 34.6 Å². The summed E-state index contributed by atoms with van der Waals surface area (Å²) in [5.41, 5.74) is 3.60. The molecule has 1 aliphatic heterocycles. The molecule has 0 bridgehead atoms. The summed E-state index contributed by atoms with van der Waals surface area (Å²) in [5.74, 6) is -0.509. The highest BCUT2D eigenvalue weighted by molar-refractivity contribution is 7.52. The molecular weight excluding hydrogens is 401 g/mol. The number of benzene rings is 2. The molecule has 0 saturated heterocycles. The Morgan fingerprint density at radius 2 is 1.40 bits per heavy atom. The molecule has 0 radical (unpaired) electrons. The molecule has 2 aromatic carbocycles. The second-order valence-corrected chi connectivity index (χ2v) is 10.3. The molecule has 2 amide bonds. The minimum Gasteiger partial charge on any atom is -0.312 e. The highest BCUT2D eigenvalue weighted by atomic mass is 31.2. The van der Waals surface area contributed by atoms with E-state index in [1.165, 1.54) is 19.1 Å². The molecule has 0 spiro atoms. The number of carbonyl (C=O) groups is 2. The highest BCUT2D eigenvalue weighted by Gasteiger charge is 2.41. The van der Waals surface area contributed by atoms with Crippen LogP contribution in [0, 0.1) is 0 Å². The summed E-state index contributed by atoms with van der Waals surface area (Å²) in [6, 6.07) is 10.9. The maximum Gasteiger partial charge on any atom is 0.334 e. The van der Waals surface area contributed by atoms with Crippen LogP contribution in [0.2, 0.25) is 0 Å². The molecule has 30 heavy (non-hydrogen) atoms. The lowest BCUT2D eigenvalue weighted by atomic mass is 9.92. The number of nitrogens with zero attached hydrogens (tertiary/aromatic N) is 1. The topological polar surface area (TPSA) is 72.9 Å². The fraction of sp³-hybridized carbons (Fsp3) is 0.391. The molecule has 2 aromatic rings. The molecule has 1 heterocycles. The van der Waals surface area contributed by atoms with Crippen molar-refractivity contribution in [2.75, 3.05) is 19.1 Å². The minimum absolute atomic E-state index is 0.0844. The molecule has 0 aliphatic carbocycles. The Bertz CT molecular complexity index is 1010. The third-order valence-electron chi connectivity index (χ3n) is 5.49. The number of anilines is 1. The van der Waals surface area contributed by atoms with E-state index >= 15 is 0 Å². The Morgan fingerprint density at radius 3 is 1.90 bits per heavy atom. The maximum absolute atomic E-state index is 13.6. The summed E-state index contributed by atoms with van der Waals surface area (Å²) in [5, 5.41) is 0. The lowest BCUT2D eigenvalue weighted by molar-refractivity contribution is 0.0925. The standard InChI is InChI=1S/C23H28NO5P/c1-14(2)17-10-8-11-18(15(3)4)21(17)24-22(25)19-12-7-9-16(20(19)23(24)26)13-30(27,28-5)29-6/h7-12,14-15H,13H2,1-6H3. The predicted molar refractivity (Wildman–Crippen MR) is 118 cm³/mol. The summed E-state index contributed by atoms with van der Waals surface area (Å²) >= 11 is 0. The highest BCUT2D eigenvalue weighted by Crippen LogP contribution is 2.51. The lowest BCUT2D eigenvalue weighted by Gasteiger charge is -2.25.